The van der Waals surface area contributed by atoms with Crippen LogP contribution in [0.2, 0.25) is 0 Å². The van der Waals surface area contributed by atoms with Gasteiger partial charge in [0.2, 0.25) is 5.89 Å². The standard InChI is InChI=1S/C14H15FN4O2/c1-19(10-5-2-4-9(15)8-10)14(20)12-17-13(21-18-12)11-6-3-7-16-11/h2,4-5,8,11,16H,3,6-7H2,1H3. The van der Waals surface area contributed by atoms with E-state index in [4.69, 9.17) is 4.52 Å². The molecular formula is C14H15FN4O2. The van der Waals surface area contributed by atoms with E-state index in [0.29, 0.717) is 11.6 Å². The lowest BCUT2D eigenvalue weighted by Crippen LogP contribution is -2.27. The molecule has 7 heteroatoms. The monoisotopic (exact) mass is 290 g/mol. The number of benzene rings is 1. The van der Waals surface area contributed by atoms with Crippen molar-refractivity contribution < 1.29 is 13.7 Å². The van der Waals surface area contributed by atoms with E-state index in [0.717, 1.165) is 19.4 Å². The van der Waals surface area contributed by atoms with Crippen LogP contribution in [0, 0.1) is 5.82 Å². The largest absolute Gasteiger partial charge is 0.337 e. The van der Waals surface area contributed by atoms with E-state index in [9.17, 15) is 9.18 Å². The summed E-state index contributed by atoms with van der Waals surface area (Å²) in [6.07, 6.45) is 1.95. The van der Waals surface area contributed by atoms with Crippen molar-refractivity contribution in [1.82, 2.24) is 15.5 Å². The SMILES string of the molecule is CN(C(=O)c1noc(C2CCCN2)n1)c1cccc(F)c1. The number of anilines is 1. The van der Waals surface area contributed by atoms with Gasteiger partial charge in [0, 0.05) is 12.7 Å². The number of nitrogens with zero attached hydrogens (tertiary/aromatic N) is 3. The Hall–Kier alpha value is -2.28. The van der Waals surface area contributed by atoms with Crippen LogP contribution in [-0.4, -0.2) is 29.6 Å². The van der Waals surface area contributed by atoms with Gasteiger partial charge in [-0.3, -0.25) is 4.79 Å². The Morgan fingerprint density at radius 1 is 1.52 bits per heavy atom. The number of carbonyl (C=O) groups is 1. The van der Waals surface area contributed by atoms with Gasteiger partial charge in [-0.05, 0) is 37.6 Å². The summed E-state index contributed by atoms with van der Waals surface area (Å²) in [5, 5.41) is 6.94. The summed E-state index contributed by atoms with van der Waals surface area (Å²) in [6, 6.07) is 5.79. The Balaban J connectivity index is 1.78. The zero-order valence-corrected chi connectivity index (χ0v) is 11.5. The molecule has 1 atom stereocenters. The normalized spacial score (nSPS) is 17.9. The summed E-state index contributed by atoms with van der Waals surface area (Å²) in [4.78, 5) is 17.7. The van der Waals surface area contributed by atoms with Crippen molar-refractivity contribution in [2.24, 2.45) is 0 Å². The van der Waals surface area contributed by atoms with Crippen LogP contribution in [0.25, 0.3) is 0 Å². The Labute approximate surface area is 120 Å². The van der Waals surface area contributed by atoms with Gasteiger partial charge >= 0.3 is 0 Å². The molecule has 1 amide bonds. The third kappa shape index (κ3) is 2.78. The minimum atomic E-state index is -0.436. The second-order valence-electron chi connectivity index (χ2n) is 4.95. The summed E-state index contributed by atoms with van der Waals surface area (Å²) in [6.45, 7) is 0.902. The molecule has 110 valence electrons. The lowest BCUT2D eigenvalue weighted by molar-refractivity contribution is 0.0980. The molecule has 1 aromatic carbocycles. The lowest BCUT2D eigenvalue weighted by atomic mass is 10.2. The molecule has 0 aliphatic carbocycles. The highest BCUT2D eigenvalue weighted by atomic mass is 19.1. The maximum absolute atomic E-state index is 13.2. The van der Waals surface area contributed by atoms with Crippen molar-refractivity contribution in [2.75, 3.05) is 18.5 Å². The minimum Gasteiger partial charge on any atom is -0.337 e. The number of carbonyl (C=O) groups excluding carboxylic acids is 1. The maximum Gasteiger partial charge on any atom is 0.299 e. The molecule has 0 saturated carbocycles. The number of amides is 1. The fraction of sp³-hybridized carbons (Fsp3) is 0.357. The van der Waals surface area contributed by atoms with E-state index in [1.54, 1.807) is 19.2 Å². The molecule has 0 bridgehead atoms. The molecule has 21 heavy (non-hydrogen) atoms. The number of hydrogen-bond donors (Lipinski definition) is 1. The quantitative estimate of drug-likeness (QED) is 0.935. The van der Waals surface area contributed by atoms with Gasteiger partial charge in [0.05, 0.1) is 6.04 Å². The third-order valence-electron chi connectivity index (χ3n) is 3.49. The smallest absolute Gasteiger partial charge is 0.299 e. The van der Waals surface area contributed by atoms with Crippen molar-refractivity contribution in [1.29, 1.82) is 0 Å². The van der Waals surface area contributed by atoms with Crippen molar-refractivity contribution >= 4 is 11.6 Å². The summed E-state index contributed by atoms with van der Waals surface area (Å²) >= 11 is 0. The van der Waals surface area contributed by atoms with Gasteiger partial charge in [0.1, 0.15) is 5.82 Å². The molecule has 2 heterocycles. The molecule has 0 radical (unpaired) electrons. The van der Waals surface area contributed by atoms with Crippen molar-refractivity contribution in [3.8, 4) is 0 Å². The fourth-order valence-electron chi connectivity index (χ4n) is 2.31. The van der Waals surface area contributed by atoms with Crippen LogP contribution in [0.1, 0.15) is 35.4 Å². The molecule has 1 saturated heterocycles. The minimum absolute atomic E-state index is 0.0125. The van der Waals surface area contributed by atoms with E-state index >= 15 is 0 Å². The molecular weight excluding hydrogens is 275 g/mol. The molecule has 6 nitrogen and oxygen atoms in total. The molecule has 1 aliphatic heterocycles. The van der Waals surface area contributed by atoms with Gasteiger partial charge in [0.25, 0.3) is 11.7 Å². The second kappa shape index (κ2) is 5.61. The molecule has 0 spiro atoms. The Bertz CT molecular complexity index is 652. The summed E-state index contributed by atoms with van der Waals surface area (Å²) in [5.41, 5.74) is 0.436. The number of halogens is 1. The topological polar surface area (TPSA) is 71.3 Å². The molecule has 1 fully saturated rings. The van der Waals surface area contributed by atoms with Crippen molar-refractivity contribution in [2.45, 2.75) is 18.9 Å². The number of rotatable bonds is 3. The van der Waals surface area contributed by atoms with Crippen LogP contribution in [0.4, 0.5) is 10.1 Å². The third-order valence-corrected chi connectivity index (χ3v) is 3.49. The zero-order chi connectivity index (χ0) is 14.8. The Morgan fingerprint density at radius 2 is 2.38 bits per heavy atom. The first-order valence-corrected chi connectivity index (χ1v) is 6.76. The van der Waals surface area contributed by atoms with Crippen molar-refractivity contribution in [3.63, 3.8) is 0 Å². The first-order valence-electron chi connectivity index (χ1n) is 6.76. The average molecular weight is 290 g/mol. The molecule has 1 aromatic heterocycles. The highest BCUT2D eigenvalue weighted by molar-refractivity contribution is 6.02. The predicted molar refractivity (Wildman–Crippen MR) is 73.4 cm³/mol. The Morgan fingerprint density at radius 3 is 3.10 bits per heavy atom. The lowest BCUT2D eigenvalue weighted by Gasteiger charge is -2.14. The number of hydrogen-bond acceptors (Lipinski definition) is 5. The fourth-order valence-corrected chi connectivity index (χ4v) is 2.31. The summed E-state index contributed by atoms with van der Waals surface area (Å²) in [5.74, 6) is -0.446. The average Bonchev–Trinajstić information content (AvgIpc) is 3.16. The van der Waals surface area contributed by atoms with Gasteiger partial charge in [-0.25, -0.2) is 4.39 Å². The maximum atomic E-state index is 13.2. The summed E-state index contributed by atoms with van der Waals surface area (Å²) in [7, 11) is 1.54. The summed E-state index contributed by atoms with van der Waals surface area (Å²) < 4.78 is 18.3. The highest BCUT2D eigenvalue weighted by Crippen LogP contribution is 2.22. The first-order chi connectivity index (χ1) is 10.1. The second-order valence-corrected chi connectivity index (χ2v) is 4.95. The van der Waals surface area contributed by atoms with E-state index in [2.05, 4.69) is 15.5 Å². The van der Waals surface area contributed by atoms with Crippen LogP contribution in [0.5, 0.6) is 0 Å². The molecule has 1 unspecified atom stereocenters. The van der Waals surface area contributed by atoms with Gasteiger partial charge in [-0.2, -0.15) is 4.98 Å². The van der Waals surface area contributed by atoms with Crippen LogP contribution < -0.4 is 10.2 Å². The number of aromatic nitrogens is 2. The molecule has 1 N–H and O–H groups in total. The van der Waals surface area contributed by atoms with E-state index < -0.39 is 11.7 Å². The molecule has 1 aliphatic rings. The van der Waals surface area contributed by atoms with Crippen molar-refractivity contribution in [3.05, 3.63) is 41.8 Å². The molecule has 2 aromatic rings. The van der Waals surface area contributed by atoms with Gasteiger partial charge in [-0.1, -0.05) is 11.2 Å². The number of nitrogens with one attached hydrogen (secondary N) is 1. The van der Waals surface area contributed by atoms with E-state index in [-0.39, 0.29) is 11.9 Å². The van der Waals surface area contributed by atoms with Crippen LogP contribution >= 0.6 is 0 Å². The van der Waals surface area contributed by atoms with Gasteiger partial charge in [0.15, 0.2) is 0 Å². The van der Waals surface area contributed by atoms with Gasteiger partial charge in [-0.15, -0.1) is 0 Å². The predicted octanol–water partition coefficient (Wildman–Crippen LogP) is 1.91. The van der Waals surface area contributed by atoms with Gasteiger partial charge < -0.3 is 14.7 Å². The Kier molecular flexibility index (Phi) is 3.66. The van der Waals surface area contributed by atoms with Crippen LogP contribution in [0.15, 0.2) is 28.8 Å². The van der Waals surface area contributed by atoms with Crippen LogP contribution in [-0.2, 0) is 0 Å². The van der Waals surface area contributed by atoms with E-state index in [1.165, 1.54) is 17.0 Å². The first kappa shape index (κ1) is 13.7. The zero-order valence-electron chi connectivity index (χ0n) is 11.5. The highest BCUT2D eigenvalue weighted by Gasteiger charge is 2.26. The molecule has 3 rings (SSSR count). The van der Waals surface area contributed by atoms with Crippen LogP contribution in [0.3, 0.4) is 0 Å². The van der Waals surface area contributed by atoms with E-state index in [1.807, 2.05) is 0 Å².